The Kier molecular flexibility index (Phi) is 3.85. The summed E-state index contributed by atoms with van der Waals surface area (Å²) in [5.74, 6) is 0.115. The summed E-state index contributed by atoms with van der Waals surface area (Å²) in [5.41, 5.74) is 0. The van der Waals surface area contributed by atoms with E-state index in [4.69, 9.17) is 5.11 Å². The van der Waals surface area contributed by atoms with Gasteiger partial charge in [-0.05, 0) is 44.4 Å². The van der Waals surface area contributed by atoms with Gasteiger partial charge in [0, 0.05) is 12.1 Å². The maximum absolute atomic E-state index is 10.8. The molecule has 2 N–H and O–H groups in total. The van der Waals surface area contributed by atoms with E-state index in [1.807, 2.05) is 0 Å². The van der Waals surface area contributed by atoms with Crippen molar-refractivity contribution in [1.82, 2.24) is 5.32 Å². The van der Waals surface area contributed by atoms with Gasteiger partial charge in [-0.15, -0.1) is 0 Å². The van der Waals surface area contributed by atoms with Gasteiger partial charge in [0.2, 0.25) is 0 Å². The second kappa shape index (κ2) is 5.17. The smallest absolute Gasteiger partial charge is 0.306 e. The van der Waals surface area contributed by atoms with Gasteiger partial charge in [-0.1, -0.05) is 13.3 Å². The van der Waals surface area contributed by atoms with Gasteiger partial charge in [-0.25, -0.2) is 0 Å². The number of hydrogen-bond donors (Lipinski definition) is 2. The van der Waals surface area contributed by atoms with Crippen LogP contribution in [0.5, 0.6) is 0 Å². The third kappa shape index (κ3) is 2.76. The zero-order valence-corrected chi connectivity index (χ0v) is 10.1. The van der Waals surface area contributed by atoms with Crippen molar-refractivity contribution in [3.63, 3.8) is 0 Å². The number of nitrogens with one attached hydrogen (secondary N) is 1. The van der Waals surface area contributed by atoms with E-state index in [-0.39, 0.29) is 5.92 Å². The van der Waals surface area contributed by atoms with Gasteiger partial charge in [-0.2, -0.15) is 0 Å². The fraction of sp³-hybridized carbons (Fsp3) is 0.923. The lowest BCUT2D eigenvalue weighted by molar-refractivity contribution is -0.142. The van der Waals surface area contributed by atoms with E-state index < -0.39 is 5.97 Å². The van der Waals surface area contributed by atoms with E-state index in [2.05, 4.69) is 12.2 Å². The van der Waals surface area contributed by atoms with Crippen molar-refractivity contribution in [2.75, 3.05) is 0 Å². The Morgan fingerprint density at radius 3 is 2.31 bits per heavy atom. The van der Waals surface area contributed by atoms with Gasteiger partial charge in [0.15, 0.2) is 0 Å². The number of carbonyl (C=O) groups is 1. The predicted octanol–water partition coefficient (Wildman–Crippen LogP) is 2.41. The summed E-state index contributed by atoms with van der Waals surface area (Å²) in [6, 6.07) is 1.26. The van der Waals surface area contributed by atoms with E-state index in [1.165, 1.54) is 19.3 Å². The summed E-state index contributed by atoms with van der Waals surface area (Å²) in [5, 5.41) is 12.7. The van der Waals surface area contributed by atoms with Crippen LogP contribution in [0.1, 0.15) is 51.9 Å². The minimum absolute atomic E-state index is 0.0842. The van der Waals surface area contributed by atoms with Crippen LogP contribution in [0.25, 0.3) is 0 Å². The molecule has 2 rings (SSSR count). The van der Waals surface area contributed by atoms with Crippen LogP contribution in [0, 0.1) is 11.8 Å². The maximum Gasteiger partial charge on any atom is 0.306 e. The molecule has 0 spiro atoms. The molecule has 2 unspecified atom stereocenters. The highest BCUT2D eigenvalue weighted by atomic mass is 16.4. The summed E-state index contributed by atoms with van der Waals surface area (Å²) in [6.07, 6.45) is 7.80. The minimum Gasteiger partial charge on any atom is -0.481 e. The average Bonchev–Trinajstić information content (AvgIpc) is 2.65. The first kappa shape index (κ1) is 11.9. The van der Waals surface area contributed by atoms with Crippen LogP contribution in [0.4, 0.5) is 0 Å². The molecular weight excluding hydrogens is 202 g/mol. The normalized spacial score (nSPS) is 39.8. The Balaban J connectivity index is 1.74. The quantitative estimate of drug-likeness (QED) is 0.775. The van der Waals surface area contributed by atoms with E-state index in [0.29, 0.717) is 12.1 Å². The maximum atomic E-state index is 10.8. The lowest BCUT2D eigenvalue weighted by Crippen LogP contribution is -2.42. The lowest BCUT2D eigenvalue weighted by Gasteiger charge is -2.30. The van der Waals surface area contributed by atoms with Crippen LogP contribution in [0.2, 0.25) is 0 Å². The van der Waals surface area contributed by atoms with Crippen LogP contribution in [0.3, 0.4) is 0 Å². The first-order valence-electron chi connectivity index (χ1n) is 6.65. The molecule has 0 radical (unpaired) electrons. The van der Waals surface area contributed by atoms with Crippen LogP contribution < -0.4 is 5.32 Å². The number of carboxylic acid groups (broad SMARTS) is 1. The Labute approximate surface area is 97.6 Å². The largest absolute Gasteiger partial charge is 0.481 e. The molecule has 0 saturated heterocycles. The van der Waals surface area contributed by atoms with Crippen LogP contribution in [-0.2, 0) is 4.79 Å². The highest BCUT2D eigenvalue weighted by Crippen LogP contribution is 2.29. The number of rotatable bonds is 3. The Morgan fingerprint density at radius 2 is 1.81 bits per heavy atom. The van der Waals surface area contributed by atoms with Gasteiger partial charge in [0.05, 0.1) is 5.92 Å². The second-order valence-corrected chi connectivity index (χ2v) is 5.57. The fourth-order valence-corrected chi connectivity index (χ4v) is 3.20. The standard InChI is InChI=1S/C13H23NO2/c1-9-3-2-4-12(9)14-11-7-5-10(6-8-11)13(15)16/h9-12,14H,2-8H2,1H3,(H,15,16). The summed E-state index contributed by atoms with van der Waals surface area (Å²) in [4.78, 5) is 10.8. The van der Waals surface area contributed by atoms with Gasteiger partial charge >= 0.3 is 5.97 Å². The Bertz CT molecular complexity index is 246. The van der Waals surface area contributed by atoms with Crippen molar-refractivity contribution in [2.24, 2.45) is 11.8 Å². The van der Waals surface area contributed by atoms with Crippen LogP contribution >= 0.6 is 0 Å². The van der Waals surface area contributed by atoms with Gasteiger partial charge in [0.1, 0.15) is 0 Å². The monoisotopic (exact) mass is 225 g/mol. The first-order valence-corrected chi connectivity index (χ1v) is 6.65. The minimum atomic E-state index is -0.604. The molecule has 0 aliphatic heterocycles. The molecule has 2 aliphatic carbocycles. The Hall–Kier alpha value is -0.570. The topological polar surface area (TPSA) is 49.3 Å². The molecule has 0 aromatic carbocycles. The molecule has 2 aliphatic rings. The second-order valence-electron chi connectivity index (χ2n) is 5.57. The van der Waals surface area contributed by atoms with E-state index in [0.717, 1.165) is 31.6 Å². The van der Waals surface area contributed by atoms with Crippen LogP contribution in [-0.4, -0.2) is 23.2 Å². The molecule has 0 aromatic heterocycles. The zero-order chi connectivity index (χ0) is 11.5. The van der Waals surface area contributed by atoms with Crippen molar-refractivity contribution >= 4 is 5.97 Å². The molecule has 3 heteroatoms. The van der Waals surface area contributed by atoms with Gasteiger partial charge in [0.25, 0.3) is 0 Å². The summed E-state index contributed by atoms with van der Waals surface area (Å²) in [7, 11) is 0. The highest BCUT2D eigenvalue weighted by Gasteiger charge is 2.29. The molecule has 2 saturated carbocycles. The van der Waals surface area contributed by atoms with Crippen molar-refractivity contribution in [1.29, 1.82) is 0 Å². The van der Waals surface area contributed by atoms with Crippen LogP contribution in [0.15, 0.2) is 0 Å². The summed E-state index contributed by atoms with van der Waals surface area (Å²) < 4.78 is 0. The van der Waals surface area contributed by atoms with E-state index >= 15 is 0 Å². The fourth-order valence-electron chi connectivity index (χ4n) is 3.20. The summed E-state index contributed by atoms with van der Waals surface area (Å²) >= 11 is 0. The number of hydrogen-bond acceptors (Lipinski definition) is 2. The predicted molar refractivity (Wildman–Crippen MR) is 63.3 cm³/mol. The summed E-state index contributed by atoms with van der Waals surface area (Å²) in [6.45, 7) is 2.33. The van der Waals surface area contributed by atoms with E-state index in [1.54, 1.807) is 0 Å². The molecular formula is C13H23NO2. The molecule has 16 heavy (non-hydrogen) atoms. The Morgan fingerprint density at radius 1 is 1.12 bits per heavy atom. The molecule has 0 heterocycles. The number of aliphatic carboxylic acids is 1. The van der Waals surface area contributed by atoms with E-state index in [9.17, 15) is 4.79 Å². The molecule has 2 atom stereocenters. The van der Waals surface area contributed by atoms with Crippen molar-refractivity contribution < 1.29 is 9.90 Å². The van der Waals surface area contributed by atoms with Crippen molar-refractivity contribution in [3.05, 3.63) is 0 Å². The highest BCUT2D eigenvalue weighted by molar-refractivity contribution is 5.70. The SMILES string of the molecule is CC1CCCC1NC1CCC(C(=O)O)CC1. The zero-order valence-electron chi connectivity index (χ0n) is 10.1. The third-order valence-corrected chi connectivity index (χ3v) is 4.39. The molecule has 2 fully saturated rings. The average molecular weight is 225 g/mol. The molecule has 0 aromatic rings. The van der Waals surface area contributed by atoms with Crippen molar-refractivity contribution in [2.45, 2.75) is 64.0 Å². The van der Waals surface area contributed by atoms with Gasteiger partial charge < -0.3 is 10.4 Å². The first-order chi connectivity index (χ1) is 7.66. The van der Waals surface area contributed by atoms with Gasteiger partial charge in [-0.3, -0.25) is 4.79 Å². The molecule has 0 bridgehead atoms. The van der Waals surface area contributed by atoms with Crippen molar-refractivity contribution in [3.8, 4) is 0 Å². The molecule has 3 nitrogen and oxygen atoms in total. The molecule has 0 amide bonds. The third-order valence-electron chi connectivity index (χ3n) is 4.39. The molecule has 92 valence electrons. The lowest BCUT2D eigenvalue weighted by atomic mass is 9.85. The number of carboxylic acids is 1.